The molecule has 1 aromatic heterocycles. The molecule has 0 aliphatic rings. The monoisotopic (exact) mass is 486 g/mol. The van der Waals surface area contributed by atoms with E-state index in [1.165, 1.54) is 36.4 Å². The van der Waals surface area contributed by atoms with Crippen LogP contribution in [0.25, 0.3) is 0 Å². The van der Waals surface area contributed by atoms with Gasteiger partial charge in [-0.15, -0.1) is 0 Å². The maximum absolute atomic E-state index is 14.3. The van der Waals surface area contributed by atoms with Crippen molar-refractivity contribution >= 4 is 17.6 Å². The first-order valence-electron chi connectivity index (χ1n) is 10.8. The predicted octanol–water partition coefficient (Wildman–Crippen LogP) is 2.34. The number of aryl methyl sites for hydroxylation is 1. The van der Waals surface area contributed by atoms with E-state index in [4.69, 9.17) is 5.73 Å². The van der Waals surface area contributed by atoms with E-state index < -0.39 is 41.4 Å². The van der Waals surface area contributed by atoms with E-state index >= 15 is 0 Å². The number of carbonyl (C=O) groups is 2. The molecule has 0 saturated carbocycles. The number of carbonyl (C=O) groups excluding carboxylic acids is 2. The SMILES string of the molecule is Cc1nc(N)ccc1CNC(=O)[C@H](Cc1cccc(F)c1F)NC(=O)C(O)Cc1ccc(F)cc1. The number of aromatic nitrogens is 1. The van der Waals surface area contributed by atoms with E-state index in [1.54, 1.807) is 19.1 Å². The number of nitrogens with one attached hydrogen (secondary N) is 2. The Hall–Kier alpha value is -3.92. The average molecular weight is 486 g/mol. The van der Waals surface area contributed by atoms with Crippen LogP contribution in [0.1, 0.15) is 22.4 Å². The van der Waals surface area contributed by atoms with Crippen LogP contribution >= 0.6 is 0 Å². The number of anilines is 1. The molecule has 2 atom stereocenters. The van der Waals surface area contributed by atoms with E-state index in [9.17, 15) is 27.9 Å². The van der Waals surface area contributed by atoms with Crippen molar-refractivity contribution in [3.05, 3.63) is 94.4 Å². The van der Waals surface area contributed by atoms with Crippen LogP contribution in [0.2, 0.25) is 0 Å². The van der Waals surface area contributed by atoms with Crippen molar-refractivity contribution in [2.45, 2.75) is 38.5 Å². The maximum Gasteiger partial charge on any atom is 0.249 e. The second kappa shape index (κ2) is 11.5. The summed E-state index contributed by atoms with van der Waals surface area (Å²) in [6, 6.07) is 10.7. The molecule has 3 aromatic rings. The molecule has 2 amide bonds. The van der Waals surface area contributed by atoms with Crippen LogP contribution in [0.5, 0.6) is 0 Å². The van der Waals surface area contributed by atoms with Crippen molar-refractivity contribution < 1.29 is 27.9 Å². The van der Waals surface area contributed by atoms with Gasteiger partial charge < -0.3 is 21.5 Å². The van der Waals surface area contributed by atoms with Crippen molar-refractivity contribution in [3.8, 4) is 0 Å². The smallest absolute Gasteiger partial charge is 0.249 e. The number of halogens is 3. The van der Waals surface area contributed by atoms with Gasteiger partial charge in [-0.3, -0.25) is 9.59 Å². The number of benzene rings is 2. The Morgan fingerprint density at radius 2 is 1.69 bits per heavy atom. The number of amides is 2. The minimum absolute atomic E-state index is 0.0497. The number of hydrogen-bond donors (Lipinski definition) is 4. The summed E-state index contributed by atoms with van der Waals surface area (Å²) >= 11 is 0. The second-order valence-electron chi connectivity index (χ2n) is 8.02. The highest BCUT2D eigenvalue weighted by Crippen LogP contribution is 2.15. The van der Waals surface area contributed by atoms with Gasteiger partial charge in [0.2, 0.25) is 11.8 Å². The largest absolute Gasteiger partial charge is 0.384 e. The Labute approximate surface area is 200 Å². The first-order valence-corrected chi connectivity index (χ1v) is 10.8. The first kappa shape index (κ1) is 25.7. The van der Waals surface area contributed by atoms with Crippen molar-refractivity contribution in [1.29, 1.82) is 0 Å². The van der Waals surface area contributed by atoms with Crippen molar-refractivity contribution in [1.82, 2.24) is 15.6 Å². The number of hydrogen-bond acceptors (Lipinski definition) is 5. The molecule has 1 unspecified atom stereocenters. The van der Waals surface area contributed by atoms with Gasteiger partial charge >= 0.3 is 0 Å². The minimum Gasteiger partial charge on any atom is -0.384 e. The lowest BCUT2D eigenvalue weighted by molar-refractivity contribution is -0.134. The molecular formula is C25H25F3N4O3. The Morgan fingerprint density at radius 1 is 0.971 bits per heavy atom. The molecule has 0 aliphatic carbocycles. The zero-order chi connectivity index (χ0) is 25.5. The Balaban J connectivity index is 1.74. The summed E-state index contributed by atoms with van der Waals surface area (Å²) in [7, 11) is 0. The van der Waals surface area contributed by atoms with Gasteiger partial charge in [0, 0.05) is 25.1 Å². The summed E-state index contributed by atoms with van der Waals surface area (Å²) in [6.45, 7) is 1.76. The highest BCUT2D eigenvalue weighted by molar-refractivity contribution is 5.89. The fourth-order valence-corrected chi connectivity index (χ4v) is 3.44. The number of pyridine rings is 1. The van der Waals surface area contributed by atoms with E-state index in [1.807, 2.05) is 0 Å². The van der Waals surface area contributed by atoms with Gasteiger partial charge in [-0.2, -0.15) is 0 Å². The van der Waals surface area contributed by atoms with Crippen LogP contribution in [0, 0.1) is 24.4 Å². The van der Waals surface area contributed by atoms with Crippen molar-refractivity contribution in [2.24, 2.45) is 0 Å². The quantitative estimate of drug-likeness (QED) is 0.370. The highest BCUT2D eigenvalue weighted by atomic mass is 19.2. The number of nitrogens with two attached hydrogens (primary N) is 1. The van der Waals surface area contributed by atoms with E-state index in [2.05, 4.69) is 15.6 Å². The number of aliphatic hydroxyl groups is 1. The molecule has 0 radical (unpaired) electrons. The number of aliphatic hydroxyl groups excluding tert-OH is 1. The second-order valence-corrected chi connectivity index (χ2v) is 8.02. The molecular weight excluding hydrogens is 461 g/mol. The zero-order valence-corrected chi connectivity index (χ0v) is 18.9. The predicted molar refractivity (Wildman–Crippen MR) is 123 cm³/mol. The molecule has 184 valence electrons. The lowest BCUT2D eigenvalue weighted by Crippen LogP contribution is -2.51. The summed E-state index contributed by atoms with van der Waals surface area (Å²) in [5.41, 5.74) is 7.28. The van der Waals surface area contributed by atoms with Gasteiger partial charge in [0.1, 0.15) is 23.8 Å². The molecule has 7 nitrogen and oxygen atoms in total. The third-order valence-electron chi connectivity index (χ3n) is 5.40. The lowest BCUT2D eigenvalue weighted by Gasteiger charge is -2.21. The first-order chi connectivity index (χ1) is 16.6. The normalized spacial score (nSPS) is 12.6. The van der Waals surface area contributed by atoms with Gasteiger partial charge in [-0.25, -0.2) is 18.2 Å². The number of nitrogens with zero attached hydrogens (tertiary/aromatic N) is 1. The van der Waals surface area contributed by atoms with Gasteiger partial charge in [0.25, 0.3) is 0 Å². The molecule has 1 heterocycles. The van der Waals surface area contributed by atoms with Gasteiger partial charge in [0.05, 0.1) is 0 Å². The van der Waals surface area contributed by atoms with Gasteiger partial charge in [0.15, 0.2) is 11.6 Å². The van der Waals surface area contributed by atoms with Crippen molar-refractivity contribution in [3.63, 3.8) is 0 Å². The van der Waals surface area contributed by atoms with Crippen molar-refractivity contribution in [2.75, 3.05) is 5.73 Å². The summed E-state index contributed by atoms with van der Waals surface area (Å²) in [4.78, 5) is 29.7. The summed E-state index contributed by atoms with van der Waals surface area (Å²) in [5, 5.41) is 15.4. The number of rotatable bonds is 9. The summed E-state index contributed by atoms with van der Waals surface area (Å²) in [6.07, 6.45) is -2.05. The van der Waals surface area contributed by atoms with Crippen LogP contribution in [0.15, 0.2) is 54.6 Å². The summed E-state index contributed by atoms with van der Waals surface area (Å²) in [5.74, 6) is -3.94. The molecule has 35 heavy (non-hydrogen) atoms. The minimum atomic E-state index is -1.56. The lowest BCUT2D eigenvalue weighted by atomic mass is 10.0. The molecule has 5 N–H and O–H groups in total. The van der Waals surface area contributed by atoms with E-state index in [0.717, 1.165) is 6.07 Å². The van der Waals surface area contributed by atoms with Crippen LogP contribution < -0.4 is 16.4 Å². The van der Waals surface area contributed by atoms with Gasteiger partial charge in [-0.1, -0.05) is 30.3 Å². The molecule has 3 rings (SSSR count). The molecule has 0 fully saturated rings. The molecule has 0 saturated heterocycles. The van der Waals surface area contributed by atoms with E-state index in [0.29, 0.717) is 22.6 Å². The Morgan fingerprint density at radius 3 is 2.37 bits per heavy atom. The standard InChI is InChI=1S/C25H25F3N4O3/c1-14-17(7-10-22(29)31-14)13-30-24(34)20(12-16-3-2-4-19(27)23(16)28)32-25(35)21(33)11-15-5-8-18(26)9-6-15/h2-10,20-21,33H,11-13H2,1H3,(H2,29,31)(H,30,34)(H,32,35)/t20-,21?/m0/s1. The van der Waals surface area contributed by atoms with Crippen LogP contribution in [-0.4, -0.2) is 34.1 Å². The zero-order valence-electron chi connectivity index (χ0n) is 18.9. The van der Waals surface area contributed by atoms with Crippen LogP contribution in [0.4, 0.5) is 19.0 Å². The van der Waals surface area contributed by atoms with Crippen LogP contribution in [-0.2, 0) is 29.0 Å². The number of nitrogen functional groups attached to an aromatic ring is 1. The van der Waals surface area contributed by atoms with E-state index in [-0.39, 0.29) is 24.9 Å². The molecule has 10 heteroatoms. The third kappa shape index (κ3) is 7.03. The fraction of sp³-hybridized carbons (Fsp3) is 0.240. The highest BCUT2D eigenvalue weighted by Gasteiger charge is 2.26. The maximum atomic E-state index is 14.3. The van der Waals surface area contributed by atoms with Gasteiger partial charge in [-0.05, 0) is 47.9 Å². The third-order valence-corrected chi connectivity index (χ3v) is 5.40. The Kier molecular flexibility index (Phi) is 8.43. The fourth-order valence-electron chi connectivity index (χ4n) is 3.44. The molecule has 0 aliphatic heterocycles. The average Bonchev–Trinajstić information content (AvgIpc) is 2.82. The molecule has 0 spiro atoms. The molecule has 2 aromatic carbocycles. The van der Waals surface area contributed by atoms with Crippen LogP contribution in [0.3, 0.4) is 0 Å². The summed E-state index contributed by atoms with van der Waals surface area (Å²) < 4.78 is 41.1. The topological polar surface area (TPSA) is 117 Å². The molecule has 0 bridgehead atoms. The Bertz CT molecular complexity index is 1210.